The standard InChI is InChI=1S/C12H14O/c1-7-4-8(2)10-6-9(3)12(13)11(10)5-7/h4-5,9H,6H2,1-3H3/t9-/m0/s1. The Kier molecular flexibility index (Phi) is 1.76. The van der Waals surface area contributed by atoms with Crippen molar-refractivity contribution in [2.45, 2.75) is 27.2 Å². The van der Waals surface area contributed by atoms with E-state index in [2.05, 4.69) is 13.0 Å². The van der Waals surface area contributed by atoms with Crippen molar-refractivity contribution in [1.29, 1.82) is 0 Å². The minimum absolute atomic E-state index is 0.190. The van der Waals surface area contributed by atoms with Gasteiger partial charge >= 0.3 is 0 Å². The van der Waals surface area contributed by atoms with E-state index in [0.29, 0.717) is 5.78 Å². The molecule has 0 saturated carbocycles. The molecule has 0 radical (unpaired) electrons. The van der Waals surface area contributed by atoms with Crippen LogP contribution in [0.15, 0.2) is 12.1 Å². The van der Waals surface area contributed by atoms with Gasteiger partial charge in [-0.05, 0) is 37.5 Å². The van der Waals surface area contributed by atoms with Crippen LogP contribution in [0.4, 0.5) is 0 Å². The molecule has 0 saturated heterocycles. The fourth-order valence-corrected chi connectivity index (χ4v) is 2.15. The molecule has 1 aliphatic rings. The summed E-state index contributed by atoms with van der Waals surface area (Å²) in [5.41, 5.74) is 4.69. The largest absolute Gasteiger partial charge is 0.294 e. The average molecular weight is 174 g/mol. The number of rotatable bonds is 0. The topological polar surface area (TPSA) is 17.1 Å². The highest BCUT2D eigenvalue weighted by atomic mass is 16.1. The van der Waals surface area contributed by atoms with Gasteiger partial charge in [0.15, 0.2) is 5.78 Å². The van der Waals surface area contributed by atoms with Crippen molar-refractivity contribution < 1.29 is 4.79 Å². The molecule has 1 nitrogen and oxygen atoms in total. The predicted octanol–water partition coefficient (Wildman–Crippen LogP) is 2.68. The number of fused-ring (bicyclic) bond motifs is 1. The first-order valence-corrected chi connectivity index (χ1v) is 4.74. The molecule has 0 heterocycles. The molecule has 0 bridgehead atoms. The Balaban J connectivity index is 2.64. The molecule has 0 unspecified atom stereocenters. The lowest BCUT2D eigenvalue weighted by Crippen LogP contribution is -2.02. The number of ketones is 1. The summed E-state index contributed by atoms with van der Waals surface area (Å²) >= 11 is 0. The zero-order valence-electron chi connectivity index (χ0n) is 8.35. The predicted molar refractivity (Wildman–Crippen MR) is 53.1 cm³/mol. The van der Waals surface area contributed by atoms with E-state index < -0.39 is 0 Å². The SMILES string of the molecule is Cc1cc(C)c2c(c1)C(=O)[C@@H](C)C2. The van der Waals surface area contributed by atoms with Crippen LogP contribution in [0.3, 0.4) is 0 Å². The van der Waals surface area contributed by atoms with Gasteiger partial charge in [0.2, 0.25) is 0 Å². The fraction of sp³-hybridized carbons (Fsp3) is 0.417. The van der Waals surface area contributed by atoms with Gasteiger partial charge < -0.3 is 0 Å². The summed E-state index contributed by atoms with van der Waals surface area (Å²) in [4.78, 5) is 11.7. The smallest absolute Gasteiger partial charge is 0.166 e. The Bertz CT molecular complexity index is 377. The van der Waals surface area contributed by atoms with Gasteiger partial charge in [0.05, 0.1) is 0 Å². The Labute approximate surface area is 78.8 Å². The number of carbonyl (C=O) groups is 1. The summed E-state index contributed by atoms with van der Waals surface area (Å²) < 4.78 is 0. The van der Waals surface area contributed by atoms with Gasteiger partial charge in [-0.15, -0.1) is 0 Å². The van der Waals surface area contributed by atoms with Gasteiger partial charge in [-0.25, -0.2) is 0 Å². The van der Waals surface area contributed by atoms with Crippen molar-refractivity contribution in [3.8, 4) is 0 Å². The molecule has 0 fully saturated rings. The number of hydrogen-bond acceptors (Lipinski definition) is 1. The van der Waals surface area contributed by atoms with Gasteiger partial charge in [0, 0.05) is 11.5 Å². The lowest BCUT2D eigenvalue weighted by Gasteiger charge is -2.03. The van der Waals surface area contributed by atoms with E-state index in [9.17, 15) is 4.79 Å². The Morgan fingerprint density at radius 2 is 2.00 bits per heavy atom. The van der Waals surface area contributed by atoms with Crippen molar-refractivity contribution in [3.05, 3.63) is 34.4 Å². The molecule has 1 heteroatoms. The van der Waals surface area contributed by atoms with Crippen LogP contribution in [-0.4, -0.2) is 5.78 Å². The third-order valence-electron chi connectivity index (χ3n) is 2.84. The molecule has 1 aromatic carbocycles. The van der Waals surface area contributed by atoms with Crippen molar-refractivity contribution >= 4 is 5.78 Å². The second kappa shape index (κ2) is 2.69. The van der Waals surface area contributed by atoms with Gasteiger partial charge in [-0.1, -0.05) is 18.6 Å². The summed E-state index contributed by atoms with van der Waals surface area (Å²) in [6.07, 6.45) is 0.931. The van der Waals surface area contributed by atoms with Crippen LogP contribution in [0.2, 0.25) is 0 Å². The quantitative estimate of drug-likeness (QED) is 0.591. The highest BCUT2D eigenvalue weighted by Crippen LogP contribution is 2.29. The number of aryl methyl sites for hydroxylation is 2. The van der Waals surface area contributed by atoms with E-state index in [1.807, 2.05) is 19.9 Å². The lowest BCUT2D eigenvalue weighted by molar-refractivity contribution is 0.0946. The zero-order valence-corrected chi connectivity index (χ0v) is 8.35. The molecular formula is C12H14O. The molecule has 1 aliphatic carbocycles. The van der Waals surface area contributed by atoms with Crippen molar-refractivity contribution in [1.82, 2.24) is 0 Å². The minimum atomic E-state index is 0.190. The van der Waals surface area contributed by atoms with Crippen molar-refractivity contribution in [2.24, 2.45) is 5.92 Å². The van der Waals surface area contributed by atoms with Crippen LogP contribution in [-0.2, 0) is 6.42 Å². The van der Waals surface area contributed by atoms with Crippen LogP contribution in [0.5, 0.6) is 0 Å². The molecular weight excluding hydrogens is 160 g/mol. The minimum Gasteiger partial charge on any atom is -0.294 e. The summed E-state index contributed by atoms with van der Waals surface area (Å²) in [6, 6.07) is 4.18. The summed E-state index contributed by atoms with van der Waals surface area (Å²) in [7, 11) is 0. The van der Waals surface area contributed by atoms with E-state index in [0.717, 1.165) is 12.0 Å². The Morgan fingerprint density at radius 1 is 1.31 bits per heavy atom. The molecule has 0 aliphatic heterocycles. The highest BCUT2D eigenvalue weighted by molar-refractivity contribution is 6.02. The average Bonchev–Trinajstić information content (AvgIpc) is 2.32. The van der Waals surface area contributed by atoms with Crippen molar-refractivity contribution in [2.75, 3.05) is 0 Å². The Hall–Kier alpha value is -1.11. The second-order valence-electron chi connectivity index (χ2n) is 4.08. The first-order chi connectivity index (χ1) is 6.09. The molecule has 13 heavy (non-hydrogen) atoms. The third kappa shape index (κ3) is 1.19. The van der Waals surface area contributed by atoms with E-state index in [-0.39, 0.29) is 5.92 Å². The van der Waals surface area contributed by atoms with E-state index in [4.69, 9.17) is 0 Å². The maximum absolute atomic E-state index is 11.7. The molecule has 0 aromatic heterocycles. The van der Waals surface area contributed by atoms with Crippen LogP contribution in [0.25, 0.3) is 0 Å². The maximum atomic E-state index is 11.7. The van der Waals surface area contributed by atoms with Gasteiger partial charge in [-0.2, -0.15) is 0 Å². The number of carbonyl (C=O) groups excluding carboxylic acids is 1. The zero-order chi connectivity index (χ0) is 9.59. The lowest BCUT2D eigenvalue weighted by atomic mass is 10.0. The van der Waals surface area contributed by atoms with Crippen LogP contribution in [0.1, 0.15) is 34.0 Å². The number of hydrogen-bond donors (Lipinski definition) is 0. The van der Waals surface area contributed by atoms with Gasteiger partial charge in [-0.3, -0.25) is 4.79 Å². The van der Waals surface area contributed by atoms with Crippen LogP contribution >= 0.6 is 0 Å². The van der Waals surface area contributed by atoms with Crippen LogP contribution < -0.4 is 0 Å². The molecule has 0 spiro atoms. The molecule has 68 valence electrons. The molecule has 0 amide bonds. The van der Waals surface area contributed by atoms with Crippen LogP contribution in [0, 0.1) is 19.8 Å². The maximum Gasteiger partial charge on any atom is 0.166 e. The highest BCUT2D eigenvalue weighted by Gasteiger charge is 2.27. The summed E-state index contributed by atoms with van der Waals surface area (Å²) in [6.45, 7) is 6.15. The summed E-state index contributed by atoms with van der Waals surface area (Å²) in [5.74, 6) is 0.511. The van der Waals surface area contributed by atoms with E-state index in [1.54, 1.807) is 0 Å². The molecule has 1 aromatic rings. The number of Topliss-reactive ketones (excluding diaryl/α,β-unsaturated/α-hetero) is 1. The monoisotopic (exact) mass is 174 g/mol. The normalized spacial score (nSPS) is 20.5. The Morgan fingerprint density at radius 3 is 2.69 bits per heavy atom. The first kappa shape index (κ1) is 8.49. The van der Waals surface area contributed by atoms with E-state index in [1.165, 1.54) is 16.7 Å². The molecule has 0 N–H and O–H groups in total. The van der Waals surface area contributed by atoms with E-state index >= 15 is 0 Å². The third-order valence-corrected chi connectivity index (χ3v) is 2.84. The summed E-state index contributed by atoms with van der Waals surface area (Å²) in [5, 5.41) is 0. The molecule has 2 rings (SSSR count). The number of benzene rings is 1. The van der Waals surface area contributed by atoms with Crippen molar-refractivity contribution in [3.63, 3.8) is 0 Å². The van der Waals surface area contributed by atoms with Gasteiger partial charge in [0.1, 0.15) is 0 Å². The first-order valence-electron chi connectivity index (χ1n) is 4.74. The molecule has 1 atom stereocenters. The fourth-order valence-electron chi connectivity index (χ4n) is 2.15. The second-order valence-corrected chi connectivity index (χ2v) is 4.08. The van der Waals surface area contributed by atoms with Gasteiger partial charge in [0.25, 0.3) is 0 Å².